The number of benzene rings is 2. The van der Waals surface area contributed by atoms with Crippen LogP contribution in [0.15, 0.2) is 53.4 Å². The van der Waals surface area contributed by atoms with Crippen LogP contribution in [0.5, 0.6) is 0 Å². The van der Waals surface area contributed by atoms with Gasteiger partial charge in [0.05, 0.1) is 6.04 Å². The molecule has 4 heteroatoms. The fourth-order valence-electron chi connectivity index (χ4n) is 3.17. The van der Waals surface area contributed by atoms with E-state index in [0.29, 0.717) is 6.04 Å². The molecule has 1 fully saturated rings. The molecular formula is C19H23ClN2S. The number of thioether (sulfide) groups is 1. The van der Waals surface area contributed by atoms with Gasteiger partial charge < -0.3 is 5.32 Å². The van der Waals surface area contributed by atoms with Crippen molar-refractivity contribution in [3.05, 3.63) is 64.7 Å². The van der Waals surface area contributed by atoms with Gasteiger partial charge in [-0.15, -0.1) is 11.8 Å². The van der Waals surface area contributed by atoms with Crippen LogP contribution >= 0.6 is 23.4 Å². The highest BCUT2D eigenvalue weighted by atomic mass is 35.5. The molecule has 0 amide bonds. The largest absolute Gasteiger partial charge is 0.315 e. The minimum Gasteiger partial charge on any atom is -0.315 e. The maximum Gasteiger partial charge on any atom is 0.0602 e. The third kappa shape index (κ3) is 4.30. The molecule has 0 aromatic heterocycles. The Bertz CT molecular complexity index is 604. The summed E-state index contributed by atoms with van der Waals surface area (Å²) in [4.78, 5) is 3.89. The third-order valence-electron chi connectivity index (χ3n) is 4.36. The number of nitrogens with zero attached hydrogens (tertiary/aromatic N) is 1. The Morgan fingerprint density at radius 2 is 1.61 bits per heavy atom. The molecule has 0 saturated carbocycles. The molecule has 1 saturated heterocycles. The molecule has 0 radical (unpaired) electrons. The number of hydrogen-bond donors (Lipinski definition) is 1. The molecule has 1 N–H and O–H groups in total. The lowest BCUT2D eigenvalue weighted by Gasteiger charge is -2.31. The van der Waals surface area contributed by atoms with Gasteiger partial charge >= 0.3 is 0 Å². The van der Waals surface area contributed by atoms with E-state index in [0.717, 1.165) is 31.2 Å². The smallest absolute Gasteiger partial charge is 0.0602 e. The van der Waals surface area contributed by atoms with Crippen molar-refractivity contribution in [3.8, 4) is 0 Å². The first-order chi connectivity index (χ1) is 11.3. The van der Waals surface area contributed by atoms with Gasteiger partial charge in [0.25, 0.3) is 0 Å². The van der Waals surface area contributed by atoms with Crippen LogP contribution in [-0.2, 0) is 0 Å². The number of hydrogen-bond acceptors (Lipinski definition) is 3. The molecule has 2 nitrogen and oxygen atoms in total. The van der Waals surface area contributed by atoms with Crippen LogP contribution in [0.2, 0.25) is 5.02 Å². The number of halogens is 1. The topological polar surface area (TPSA) is 15.3 Å². The lowest BCUT2D eigenvalue weighted by Crippen LogP contribution is -2.33. The van der Waals surface area contributed by atoms with E-state index in [9.17, 15) is 0 Å². The van der Waals surface area contributed by atoms with Crippen LogP contribution in [0.25, 0.3) is 0 Å². The maximum atomic E-state index is 6.09. The highest BCUT2D eigenvalue weighted by Gasteiger charge is 2.23. The minimum atomic E-state index is 0.295. The van der Waals surface area contributed by atoms with Crippen LogP contribution in [0.4, 0.5) is 0 Å². The van der Waals surface area contributed by atoms with Crippen molar-refractivity contribution in [3.63, 3.8) is 0 Å². The van der Waals surface area contributed by atoms with Crippen LogP contribution < -0.4 is 5.32 Å². The van der Waals surface area contributed by atoms with Crippen molar-refractivity contribution < 1.29 is 0 Å². The molecule has 122 valence electrons. The maximum absolute atomic E-state index is 6.09. The zero-order chi connectivity index (χ0) is 16.1. The second kappa shape index (κ2) is 8.20. The lowest BCUT2D eigenvalue weighted by atomic mass is 9.97. The SMILES string of the molecule is CSc1ccc(C(c2ccc(Cl)cc2)N2CCCNCC2)cc1. The Kier molecular flexibility index (Phi) is 6.01. The zero-order valence-corrected chi connectivity index (χ0v) is 15.0. The first-order valence-corrected chi connectivity index (χ1v) is 9.72. The van der Waals surface area contributed by atoms with Crippen molar-refractivity contribution in [1.82, 2.24) is 10.2 Å². The first-order valence-electron chi connectivity index (χ1n) is 8.12. The standard InChI is InChI=1S/C19H23ClN2S/c1-23-18-9-5-16(6-10-18)19(15-3-7-17(20)8-4-15)22-13-2-11-21-12-14-22/h3-10,19,21H,2,11-14H2,1H3. The molecule has 0 aliphatic carbocycles. The van der Waals surface area contributed by atoms with E-state index in [4.69, 9.17) is 11.6 Å². The van der Waals surface area contributed by atoms with E-state index in [1.54, 1.807) is 11.8 Å². The van der Waals surface area contributed by atoms with Crippen molar-refractivity contribution in [2.45, 2.75) is 17.4 Å². The molecule has 1 atom stereocenters. The fraction of sp³-hybridized carbons (Fsp3) is 0.368. The fourth-order valence-corrected chi connectivity index (χ4v) is 3.70. The van der Waals surface area contributed by atoms with Gasteiger partial charge in [-0.1, -0.05) is 35.9 Å². The Labute approximate surface area is 148 Å². The van der Waals surface area contributed by atoms with Gasteiger partial charge in [-0.2, -0.15) is 0 Å². The van der Waals surface area contributed by atoms with Crippen LogP contribution in [0, 0.1) is 0 Å². The average molecular weight is 347 g/mol. The van der Waals surface area contributed by atoms with Crippen LogP contribution in [-0.4, -0.2) is 37.3 Å². The summed E-state index contributed by atoms with van der Waals surface area (Å²) in [6, 6.07) is 17.6. The summed E-state index contributed by atoms with van der Waals surface area (Å²) in [6.45, 7) is 4.34. The summed E-state index contributed by atoms with van der Waals surface area (Å²) in [5.41, 5.74) is 2.67. The molecule has 1 unspecified atom stereocenters. The van der Waals surface area contributed by atoms with Gasteiger partial charge in [-0.3, -0.25) is 4.90 Å². The first kappa shape index (κ1) is 16.8. The highest BCUT2D eigenvalue weighted by molar-refractivity contribution is 7.98. The molecule has 3 rings (SSSR count). The van der Waals surface area contributed by atoms with E-state index < -0.39 is 0 Å². The molecule has 1 aliphatic heterocycles. The minimum absolute atomic E-state index is 0.295. The van der Waals surface area contributed by atoms with Gasteiger partial charge in [-0.05, 0) is 54.6 Å². The highest BCUT2D eigenvalue weighted by Crippen LogP contribution is 2.31. The van der Waals surface area contributed by atoms with Crippen LogP contribution in [0.1, 0.15) is 23.6 Å². The molecule has 2 aromatic rings. The Morgan fingerprint density at radius 3 is 2.26 bits per heavy atom. The second-order valence-corrected chi connectivity index (χ2v) is 7.18. The van der Waals surface area contributed by atoms with E-state index >= 15 is 0 Å². The average Bonchev–Trinajstić information content (AvgIpc) is 2.87. The Balaban J connectivity index is 1.95. The summed E-state index contributed by atoms with van der Waals surface area (Å²) in [5, 5.41) is 4.29. The normalized spacial score (nSPS) is 17.7. The summed E-state index contributed by atoms with van der Waals surface area (Å²) in [7, 11) is 0. The molecule has 1 heterocycles. The van der Waals surface area contributed by atoms with Crippen LogP contribution in [0.3, 0.4) is 0 Å². The van der Waals surface area contributed by atoms with E-state index in [-0.39, 0.29) is 0 Å². The zero-order valence-electron chi connectivity index (χ0n) is 13.5. The Morgan fingerprint density at radius 1 is 0.957 bits per heavy atom. The summed E-state index contributed by atoms with van der Waals surface area (Å²) >= 11 is 7.87. The Hall–Kier alpha value is -1.00. The van der Waals surface area contributed by atoms with Gasteiger partial charge in [0.2, 0.25) is 0 Å². The summed E-state index contributed by atoms with van der Waals surface area (Å²) in [6.07, 6.45) is 3.30. The quantitative estimate of drug-likeness (QED) is 0.823. The summed E-state index contributed by atoms with van der Waals surface area (Å²) in [5.74, 6) is 0. The molecular weight excluding hydrogens is 324 g/mol. The van der Waals surface area contributed by atoms with E-state index in [1.807, 2.05) is 12.1 Å². The van der Waals surface area contributed by atoms with Gasteiger partial charge in [0.15, 0.2) is 0 Å². The molecule has 0 bridgehead atoms. The molecule has 1 aliphatic rings. The molecule has 0 spiro atoms. The lowest BCUT2D eigenvalue weighted by molar-refractivity contribution is 0.241. The number of nitrogens with one attached hydrogen (secondary N) is 1. The third-order valence-corrected chi connectivity index (χ3v) is 5.35. The number of rotatable bonds is 4. The van der Waals surface area contributed by atoms with Gasteiger partial charge in [0, 0.05) is 29.6 Å². The van der Waals surface area contributed by atoms with Crippen molar-refractivity contribution >= 4 is 23.4 Å². The van der Waals surface area contributed by atoms with Crippen molar-refractivity contribution in [1.29, 1.82) is 0 Å². The van der Waals surface area contributed by atoms with Crippen molar-refractivity contribution in [2.24, 2.45) is 0 Å². The molecule has 23 heavy (non-hydrogen) atoms. The van der Waals surface area contributed by atoms with Gasteiger partial charge in [0.1, 0.15) is 0 Å². The van der Waals surface area contributed by atoms with E-state index in [2.05, 4.69) is 52.9 Å². The van der Waals surface area contributed by atoms with Gasteiger partial charge in [-0.25, -0.2) is 0 Å². The monoisotopic (exact) mass is 346 g/mol. The molecule has 2 aromatic carbocycles. The predicted octanol–water partition coefficient (Wildman–Crippen LogP) is 4.45. The summed E-state index contributed by atoms with van der Waals surface area (Å²) < 4.78 is 0. The predicted molar refractivity (Wildman–Crippen MR) is 101 cm³/mol. The second-order valence-electron chi connectivity index (χ2n) is 5.87. The van der Waals surface area contributed by atoms with Crippen molar-refractivity contribution in [2.75, 3.05) is 32.4 Å². The van der Waals surface area contributed by atoms with E-state index in [1.165, 1.54) is 22.4 Å².